The summed E-state index contributed by atoms with van der Waals surface area (Å²) >= 11 is 11.1. The Hall–Kier alpha value is -2.70. The van der Waals surface area contributed by atoms with Gasteiger partial charge in [0.25, 0.3) is 0 Å². The molecule has 25 heavy (non-hydrogen) atoms. The van der Waals surface area contributed by atoms with Crippen molar-refractivity contribution in [3.05, 3.63) is 70.8 Å². The molecule has 2 aromatic rings. The van der Waals surface area contributed by atoms with Crippen molar-refractivity contribution in [2.45, 2.75) is 0 Å². The summed E-state index contributed by atoms with van der Waals surface area (Å²) in [7, 11) is 1.29. The minimum atomic E-state index is -0.504. The number of hydrogen-bond acceptors (Lipinski definition) is 4. The lowest BCUT2D eigenvalue weighted by atomic mass is 10.2. The molecule has 0 aliphatic rings. The molecular formula is C18H15ClN2O3S. The smallest absolute Gasteiger partial charge is 0.339 e. The molecular weight excluding hydrogens is 360 g/mol. The van der Waals surface area contributed by atoms with Crippen molar-refractivity contribution in [3.8, 4) is 0 Å². The molecule has 7 heteroatoms. The fourth-order valence-electron chi connectivity index (χ4n) is 1.96. The van der Waals surface area contributed by atoms with E-state index in [1.807, 2.05) is 6.07 Å². The molecule has 1 amide bonds. The number of carbonyl (C=O) groups excluding carboxylic acids is 2. The van der Waals surface area contributed by atoms with Crippen LogP contribution in [0.15, 0.2) is 54.6 Å². The molecule has 2 aromatic carbocycles. The molecule has 2 N–H and O–H groups in total. The third kappa shape index (κ3) is 5.41. The van der Waals surface area contributed by atoms with Crippen LogP contribution in [0.3, 0.4) is 0 Å². The average molecular weight is 375 g/mol. The van der Waals surface area contributed by atoms with Gasteiger partial charge >= 0.3 is 5.97 Å². The zero-order chi connectivity index (χ0) is 18.2. The van der Waals surface area contributed by atoms with Crippen LogP contribution in [-0.4, -0.2) is 24.1 Å². The molecule has 5 nitrogen and oxygen atoms in total. The summed E-state index contributed by atoms with van der Waals surface area (Å²) in [5, 5.41) is 5.91. The van der Waals surface area contributed by atoms with Gasteiger partial charge in [0.1, 0.15) is 0 Å². The summed E-state index contributed by atoms with van der Waals surface area (Å²) in [6, 6.07) is 13.8. The van der Waals surface area contributed by atoms with Gasteiger partial charge < -0.3 is 10.1 Å². The molecule has 128 valence electrons. The fraction of sp³-hybridized carbons (Fsp3) is 0.0556. The highest BCUT2D eigenvalue weighted by Gasteiger charge is 2.12. The van der Waals surface area contributed by atoms with Crippen LogP contribution in [0.4, 0.5) is 5.69 Å². The Morgan fingerprint density at radius 3 is 2.52 bits per heavy atom. The first-order chi connectivity index (χ1) is 12.0. The van der Waals surface area contributed by atoms with Crippen LogP contribution in [0, 0.1) is 0 Å². The maximum absolute atomic E-state index is 11.9. The molecule has 0 bridgehead atoms. The number of methoxy groups -OCH3 is 1. The zero-order valence-corrected chi connectivity index (χ0v) is 14.9. The molecule has 0 aliphatic heterocycles. The van der Waals surface area contributed by atoms with Gasteiger partial charge in [-0.25, -0.2) is 4.79 Å². The third-order valence-electron chi connectivity index (χ3n) is 3.14. The number of amides is 1. The first kappa shape index (κ1) is 18.6. The van der Waals surface area contributed by atoms with E-state index in [0.717, 1.165) is 0 Å². The van der Waals surface area contributed by atoms with Gasteiger partial charge in [0.05, 0.1) is 18.4 Å². The highest BCUT2D eigenvalue weighted by molar-refractivity contribution is 7.80. The monoisotopic (exact) mass is 374 g/mol. The van der Waals surface area contributed by atoms with Gasteiger partial charge in [0.2, 0.25) is 5.91 Å². The fourth-order valence-corrected chi connectivity index (χ4v) is 2.37. The van der Waals surface area contributed by atoms with Crippen molar-refractivity contribution in [1.82, 2.24) is 5.32 Å². The van der Waals surface area contributed by atoms with Crippen molar-refractivity contribution in [2.75, 3.05) is 12.4 Å². The van der Waals surface area contributed by atoms with E-state index >= 15 is 0 Å². The van der Waals surface area contributed by atoms with Crippen LogP contribution in [0.25, 0.3) is 6.08 Å². The van der Waals surface area contributed by atoms with Gasteiger partial charge in [-0.2, -0.15) is 0 Å². The van der Waals surface area contributed by atoms with Gasteiger partial charge in [-0.1, -0.05) is 41.9 Å². The first-order valence-corrected chi connectivity index (χ1v) is 8.02. The van der Waals surface area contributed by atoms with Crippen molar-refractivity contribution >= 4 is 52.6 Å². The Balaban J connectivity index is 2.00. The molecule has 0 aromatic heterocycles. The Morgan fingerprint density at radius 1 is 1.12 bits per heavy atom. The normalized spacial score (nSPS) is 10.3. The Labute approximate surface area is 155 Å². The topological polar surface area (TPSA) is 67.4 Å². The van der Waals surface area contributed by atoms with Gasteiger partial charge in [0, 0.05) is 11.1 Å². The van der Waals surface area contributed by atoms with Gasteiger partial charge in [-0.15, -0.1) is 0 Å². The van der Waals surface area contributed by atoms with Crippen molar-refractivity contribution in [1.29, 1.82) is 0 Å². The number of benzene rings is 2. The minimum absolute atomic E-state index is 0.0603. The average Bonchev–Trinajstić information content (AvgIpc) is 2.60. The van der Waals surface area contributed by atoms with E-state index < -0.39 is 11.9 Å². The Morgan fingerprint density at radius 2 is 1.80 bits per heavy atom. The number of halogens is 1. The zero-order valence-electron chi connectivity index (χ0n) is 13.3. The number of thiocarbonyl (C=S) groups is 1. The number of esters is 1. The molecule has 0 heterocycles. The number of hydrogen-bond donors (Lipinski definition) is 2. The van der Waals surface area contributed by atoms with Gasteiger partial charge in [-0.3, -0.25) is 10.1 Å². The van der Waals surface area contributed by atoms with Crippen molar-refractivity contribution < 1.29 is 14.3 Å². The van der Waals surface area contributed by atoms with E-state index in [2.05, 4.69) is 10.6 Å². The van der Waals surface area contributed by atoms with E-state index in [1.54, 1.807) is 48.5 Å². The number of rotatable bonds is 4. The second kappa shape index (κ2) is 8.96. The second-order valence-corrected chi connectivity index (χ2v) is 5.65. The molecule has 0 atom stereocenters. The van der Waals surface area contributed by atoms with Crippen LogP contribution in [-0.2, 0) is 9.53 Å². The molecule has 0 aliphatic carbocycles. The number of anilines is 1. The number of ether oxygens (including phenoxy) is 1. The standard InChI is InChI=1S/C18H15ClN2O3S/c1-24-17(23)13-7-3-5-9-15(13)20-18(25)21-16(22)11-10-12-6-2-4-8-14(12)19/h2-11H,1H3,(H2,20,21,22,25)/b11-10+. The van der Waals surface area contributed by atoms with E-state index in [1.165, 1.54) is 13.2 Å². The third-order valence-corrected chi connectivity index (χ3v) is 3.69. The lowest BCUT2D eigenvalue weighted by Gasteiger charge is -2.11. The van der Waals surface area contributed by atoms with Crippen molar-refractivity contribution in [2.24, 2.45) is 0 Å². The van der Waals surface area contributed by atoms with E-state index in [4.69, 9.17) is 28.6 Å². The quantitative estimate of drug-likeness (QED) is 0.485. The molecule has 0 radical (unpaired) electrons. The SMILES string of the molecule is COC(=O)c1ccccc1NC(=S)NC(=O)/C=C/c1ccccc1Cl. The summed E-state index contributed by atoms with van der Waals surface area (Å²) in [5.41, 5.74) is 1.47. The summed E-state index contributed by atoms with van der Waals surface area (Å²) in [5.74, 6) is -0.927. The van der Waals surface area contributed by atoms with Crippen LogP contribution < -0.4 is 10.6 Å². The number of nitrogens with one attached hydrogen (secondary N) is 2. The Bertz CT molecular complexity index is 837. The van der Waals surface area contributed by atoms with Crippen LogP contribution in [0.1, 0.15) is 15.9 Å². The maximum Gasteiger partial charge on any atom is 0.339 e. The number of para-hydroxylation sites is 1. The van der Waals surface area contributed by atoms with E-state index in [9.17, 15) is 9.59 Å². The molecule has 0 saturated heterocycles. The predicted octanol–water partition coefficient (Wildman–Crippen LogP) is 3.65. The van der Waals surface area contributed by atoms with E-state index in [-0.39, 0.29) is 5.11 Å². The predicted molar refractivity (Wildman–Crippen MR) is 103 cm³/mol. The Kier molecular flexibility index (Phi) is 6.68. The molecule has 0 spiro atoms. The number of carbonyl (C=O) groups is 2. The summed E-state index contributed by atoms with van der Waals surface area (Å²) in [4.78, 5) is 23.7. The van der Waals surface area contributed by atoms with Crippen LogP contribution >= 0.6 is 23.8 Å². The van der Waals surface area contributed by atoms with Crippen LogP contribution in [0.5, 0.6) is 0 Å². The van der Waals surface area contributed by atoms with Crippen molar-refractivity contribution in [3.63, 3.8) is 0 Å². The lowest BCUT2D eigenvalue weighted by molar-refractivity contribution is -0.115. The minimum Gasteiger partial charge on any atom is -0.465 e. The largest absolute Gasteiger partial charge is 0.465 e. The summed E-state index contributed by atoms with van der Waals surface area (Å²) in [6.07, 6.45) is 2.91. The summed E-state index contributed by atoms with van der Waals surface area (Å²) in [6.45, 7) is 0. The summed E-state index contributed by atoms with van der Waals surface area (Å²) < 4.78 is 4.71. The first-order valence-electron chi connectivity index (χ1n) is 7.23. The molecule has 0 saturated carbocycles. The van der Waals surface area contributed by atoms with Crippen LogP contribution in [0.2, 0.25) is 5.02 Å². The second-order valence-electron chi connectivity index (χ2n) is 4.84. The molecule has 2 rings (SSSR count). The highest BCUT2D eigenvalue weighted by atomic mass is 35.5. The molecule has 0 unspecified atom stereocenters. The van der Waals surface area contributed by atoms with Gasteiger partial charge in [0.15, 0.2) is 5.11 Å². The molecule has 0 fully saturated rings. The highest BCUT2D eigenvalue weighted by Crippen LogP contribution is 2.17. The van der Waals surface area contributed by atoms with Gasteiger partial charge in [-0.05, 0) is 42.1 Å². The lowest BCUT2D eigenvalue weighted by Crippen LogP contribution is -2.33. The maximum atomic E-state index is 11.9. The van der Waals surface area contributed by atoms with E-state index in [0.29, 0.717) is 21.8 Å².